The second-order valence-corrected chi connectivity index (χ2v) is 11.7. The molecule has 0 fully saturated rings. The van der Waals surface area contributed by atoms with Crippen molar-refractivity contribution in [2.45, 2.75) is 51.0 Å². The minimum atomic E-state index is -0.700. The number of ketones is 1. The van der Waals surface area contributed by atoms with E-state index in [0.717, 1.165) is 38.4 Å². The molecule has 0 saturated heterocycles. The van der Waals surface area contributed by atoms with E-state index in [2.05, 4.69) is 45.9 Å². The van der Waals surface area contributed by atoms with Gasteiger partial charge in [0, 0.05) is 48.8 Å². The van der Waals surface area contributed by atoms with Gasteiger partial charge in [-0.15, -0.1) is 0 Å². The van der Waals surface area contributed by atoms with Crippen LogP contribution in [-0.2, 0) is 33.6 Å². The zero-order chi connectivity index (χ0) is 31.4. The number of hydrogen-bond donors (Lipinski definition) is 4. The fraction of sp³-hybridized carbons (Fsp3) is 0.289. The number of carbonyl (C=O) groups excluding carboxylic acids is 3. The fourth-order valence-corrected chi connectivity index (χ4v) is 5.86. The third kappa shape index (κ3) is 8.89. The molecule has 5 N–H and O–H groups in total. The van der Waals surface area contributed by atoms with E-state index >= 15 is 0 Å². The highest BCUT2D eigenvalue weighted by atomic mass is 16.2. The number of H-pyrrole nitrogens is 1. The highest BCUT2D eigenvalue weighted by Crippen LogP contribution is 2.23. The number of benzene rings is 4. The van der Waals surface area contributed by atoms with E-state index in [0.29, 0.717) is 45.2 Å². The van der Waals surface area contributed by atoms with Gasteiger partial charge in [0.2, 0.25) is 11.8 Å². The monoisotopic (exact) mass is 602 g/mol. The standard InChI is InChI=1S/C38H42N4O3/c39-21-8-22-40-38(45)31(24-28-15-17-29-11-4-5-12-30(29)23-28)18-19-36(43)35(25-32-26-41-34-14-7-6-13-33(32)34)42-37(44)20-16-27-9-2-1-3-10-27/h1-7,9-15,17,23,26,31,35,41H,8,16,18-22,24-25,39H2,(H,40,45)(H,42,44)/t31-,35?/m0/s1. The molecule has 1 heterocycles. The van der Waals surface area contributed by atoms with Crippen LogP contribution in [0, 0.1) is 5.92 Å². The van der Waals surface area contributed by atoms with Crippen LogP contribution in [0.1, 0.15) is 42.4 Å². The van der Waals surface area contributed by atoms with Gasteiger partial charge in [-0.2, -0.15) is 0 Å². The maximum Gasteiger partial charge on any atom is 0.223 e. The number of amides is 2. The van der Waals surface area contributed by atoms with E-state index in [1.165, 1.54) is 0 Å². The average Bonchev–Trinajstić information content (AvgIpc) is 3.48. The SMILES string of the molecule is NCCCNC(=O)[C@@H](CCC(=O)C(Cc1c[nH]c2ccccc12)NC(=O)CCc1ccccc1)Cc1ccc2ccccc2c1. The van der Waals surface area contributed by atoms with Gasteiger partial charge in [0.15, 0.2) is 5.78 Å². The smallest absolute Gasteiger partial charge is 0.223 e. The lowest BCUT2D eigenvalue weighted by Crippen LogP contribution is -2.43. The quantitative estimate of drug-likeness (QED) is 0.109. The molecule has 0 radical (unpaired) electrons. The van der Waals surface area contributed by atoms with Gasteiger partial charge in [0.05, 0.1) is 6.04 Å². The molecule has 7 heteroatoms. The number of rotatable bonds is 16. The number of carbonyl (C=O) groups is 3. The third-order valence-corrected chi connectivity index (χ3v) is 8.39. The summed E-state index contributed by atoms with van der Waals surface area (Å²) in [6, 6.07) is 31.5. The molecule has 5 rings (SSSR count). The Bertz CT molecular complexity index is 1730. The highest BCUT2D eigenvalue weighted by Gasteiger charge is 2.26. The molecular formula is C38H42N4O3. The van der Waals surface area contributed by atoms with Crippen molar-refractivity contribution in [3.8, 4) is 0 Å². The summed E-state index contributed by atoms with van der Waals surface area (Å²) in [5, 5.41) is 9.34. The maximum atomic E-state index is 13.9. The van der Waals surface area contributed by atoms with E-state index in [9.17, 15) is 14.4 Å². The summed E-state index contributed by atoms with van der Waals surface area (Å²) in [5.41, 5.74) is 9.73. The van der Waals surface area contributed by atoms with Gasteiger partial charge >= 0.3 is 0 Å². The number of aromatic amines is 1. The van der Waals surface area contributed by atoms with Crippen molar-refractivity contribution in [1.82, 2.24) is 15.6 Å². The highest BCUT2D eigenvalue weighted by molar-refractivity contribution is 5.91. The molecule has 0 saturated carbocycles. The number of nitrogens with two attached hydrogens (primary N) is 1. The van der Waals surface area contributed by atoms with Crippen molar-refractivity contribution in [2.75, 3.05) is 13.1 Å². The number of aromatic nitrogens is 1. The molecule has 2 amide bonds. The Kier molecular flexibility index (Phi) is 11.1. The van der Waals surface area contributed by atoms with E-state index in [-0.39, 0.29) is 30.4 Å². The number of fused-ring (bicyclic) bond motifs is 2. The molecule has 1 aromatic heterocycles. The van der Waals surface area contributed by atoms with Gasteiger partial charge in [0.25, 0.3) is 0 Å². The first kappa shape index (κ1) is 31.7. The zero-order valence-corrected chi connectivity index (χ0v) is 25.6. The number of nitrogens with one attached hydrogen (secondary N) is 3. The normalized spacial score (nSPS) is 12.6. The summed E-state index contributed by atoms with van der Waals surface area (Å²) in [5.74, 6) is -0.712. The van der Waals surface area contributed by atoms with Crippen LogP contribution in [0.2, 0.25) is 0 Å². The number of aryl methyl sites for hydroxylation is 1. The molecule has 1 unspecified atom stereocenters. The molecule has 5 aromatic rings. The first-order valence-corrected chi connectivity index (χ1v) is 15.9. The second-order valence-electron chi connectivity index (χ2n) is 11.7. The first-order chi connectivity index (χ1) is 22.0. The third-order valence-electron chi connectivity index (χ3n) is 8.39. The first-order valence-electron chi connectivity index (χ1n) is 15.9. The molecule has 0 bridgehead atoms. The fourth-order valence-electron chi connectivity index (χ4n) is 5.86. The van der Waals surface area contributed by atoms with Crippen LogP contribution in [0.3, 0.4) is 0 Å². The predicted molar refractivity (Wildman–Crippen MR) is 181 cm³/mol. The van der Waals surface area contributed by atoms with Crippen molar-refractivity contribution < 1.29 is 14.4 Å². The average molecular weight is 603 g/mol. The minimum Gasteiger partial charge on any atom is -0.361 e. The molecule has 232 valence electrons. The largest absolute Gasteiger partial charge is 0.361 e. The number of hydrogen-bond acceptors (Lipinski definition) is 4. The summed E-state index contributed by atoms with van der Waals surface area (Å²) in [4.78, 5) is 43.6. The molecule has 7 nitrogen and oxygen atoms in total. The zero-order valence-electron chi connectivity index (χ0n) is 25.6. The van der Waals surface area contributed by atoms with E-state index in [1.54, 1.807) is 0 Å². The van der Waals surface area contributed by atoms with Crippen LogP contribution < -0.4 is 16.4 Å². The van der Waals surface area contributed by atoms with Crippen molar-refractivity contribution in [1.29, 1.82) is 0 Å². The van der Waals surface area contributed by atoms with Crippen molar-refractivity contribution in [2.24, 2.45) is 11.7 Å². The molecule has 0 aliphatic rings. The Labute approximate surface area is 264 Å². The van der Waals surface area contributed by atoms with E-state index < -0.39 is 12.0 Å². The molecule has 2 atom stereocenters. The van der Waals surface area contributed by atoms with Crippen LogP contribution in [0.4, 0.5) is 0 Å². The Hall–Kier alpha value is -4.75. The molecular weight excluding hydrogens is 560 g/mol. The van der Waals surface area contributed by atoms with E-state index in [4.69, 9.17) is 5.73 Å². The van der Waals surface area contributed by atoms with Crippen molar-refractivity contribution >= 4 is 39.3 Å². The van der Waals surface area contributed by atoms with Crippen LogP contribution in [0.5, 0.6) is 0 Å². The summed E-state index contributed by atoms with van der Waals surface area (Å²) < 4.78 is 0. The second kappa shape index (κ2) is 15.8. The lowest BCUT2D eigenvalue weighted by Gasteiger charge is -2.21. The lowest BCUT2D eigenvalue weighted by atomic mass is 9.90. The van der Waals surface area contributed by atoms with Crippen LogP contribution in [-0.4, -0.2) is 41.7 Å². The van der Waals surface area contributed by atoms with Gasteiger partial charge in [-0.25, -0.2) is 0 Å². The summed E-state index contributed by atoms with van der Waals surface area (Å²) in [7, 11) is 0. The van der Waals surface area contributed by atoms with Gasteiger partial charge in [-0.3, -0.25) is 14.4 Å². The molecule has 0 aliphatic heterocycles. The molecule has 0 spiro atoms. The Balaban J connectivity index is 1.30. The van der Waals surface area contributed by atoms with E-state index in [1.807, 2.05) is 72.9 Å². The Morgan fingerprint density at radius 3 is 2.36 bits per heavy atom. The topological polar surface area (TPSA) is 117 Å². The summed E-state index contributed by atoms with van der Waals surface area (Å²) in [6.07, 6.45) is 4.93. The maximum absolute atomic E-state index is 13.9. The molecule has 45 heavy (non-hydrogen) atoms. The van der Waals surface area contributed by atoms with Crippen LogP contribution >= 0.6 is 0 Å². The Morgan fingerprint density at radius 2 is 1.53 bits per heavy atom. The summed E-state index contributed by atoms with van der Waals surface area (Å²) >= 11 is 0. The predicted octanol–water partition coefficient (Wildman–Crippen LogP) is 5.65. The lowest BCUT2D eigenvalue weighted by molar-refractivity contribution is -0.129. The Morgan fingerprint density at radius 1 is 0.778 bits per heavy atom. The molecule has 4 aromatic carbocycles. The summed E-state index contributed by atoms with van der Waals surface area (Å²) in [6.45, 7) is 0.992. The molecule has 0 aliphatic carbocycles. The van der Waals surface area contributed by atoms with Crippen molar-refractivity contribution in [3.05, 3.63) is 120 Å². The minimum absolute atomic E-state index is 0.0772. The number of para-hydroxylation sites is 1. The van der Waals surface area contributed by atoms with Crippen LogP contribution in [0.15, 0.2) is 103 Å². The van der Waals surface area contributed by atoms with Gasteiger partial charge in [0.1, 0.15) is 0 Å². The van der Waals surface area contributed by atoms with Crippen LogP contribution in [0.25, 0.3) is 21.7 Å². The number of Topliss-reactive ketones (excluding diaryl/α,β-unsaturated/α-hetero) is 1. The van der Waals surface area contributed by atoms with Gasteiger partial charge < -0.3 is 21.4 Å². The van der Waals surface area contributed by atoms with Gasteiger partial charge in [-0.05, 0) is 65.8 Å². The van der Waals surface area contributed by atoms with Gasteiger partial charge in [-0.1, -0.05) is 91.0 Å². The van der Waals surface area contributed by atoms with Crippen molar-refractivity contribution in [3.63, 3.8) is 0 Å².